The van der Waals surface area contributed by atoms with Crippen molar-refractivity contribution < 1.29 is 13.9 Å². The smallest absolute Gasteiger partial charge is 0.317 e. The molecule has 0 heterocycles. The van der Waals surface area contributed by atoms with E-state index in [2.05, 4.69) is 31.0 Å². The van der Waals surface area contributed by atoms with Gasteiger partial charge in [-0.05, 0) is 68.3 Å². The second kappa shape index (κ2) is 10.9. The van der Waals surface area contributed by atoms with Crippen LogP contribution in [-0.2, 0) is 21.5 Å². The lowest BCUT2D eigenvalue weighted by Gasteiger charge is -2.52. The molecule has 0 bridgehead atoms. The molecule has 1 N–H and O–H groups in total. The molecule has 2 saturated carbocycles. The summed E-state index contributed by atoms with van der Waals surface area (Å²) >= 11 is 0. The molecule has 0 spiro atoms. The number of benzene rings is 2. The van der Waals surface area contributed by atoms with E-state index in [1.165, 1.54) is 25.0 Å². The van der Waals surface area contributed by atoms with Gasteiger partial charge in [-0.1, -0.05) is 74.2 Å². The van der Waals surface area contributed by atoms with Crippen molar-refractivity contribution in [1.29, 1.82) is 0 Å². The third kappa shape index (κ3) is 5.27. The van der Waals surface area contributed by atoms with Crippen LogP contribution in [0.4, 0.5) is 4.39 Å². The predicted molar refractivity (Wildman–Crippen MR) is 135 cm³/mol. The van der Waals surface area contributed by atoms with Crippen LogP contribution in [0.2, 0.25) is 0 Å². The lowest BCUT2D eigenvalue weighted by molar-refractivity contribution is -0.194. The Morgan fingerprint density at radius 1 is 1.09 bits per heavy atom. The number of ether oxygens (including phenoxy) is 1. The van der Waals surface area contributed by atoms with Crippen LogP contribution in [0.3, 0.4) is 0 Å². The van der Waals surface area contributed by atoms with Crippen LogP contribution in [0.1, 0.15) is 69.4 Å². The molecule has 0 amide bonds. The number of hydrogen-bond acceptors (Lipinski definition) is 3. The summed E-state index contributed by atoms with van der Waals surface area (Å²) in [5, 5.41) is 3.46. The van der Waals surface area contributed by atoms with Crippen LogP contribution in [0.25, 0.3) is 0 Å². The van der Waals surface area contributed by atoms with Crippen molar-refractivity contribution in [3.63, 3.8) is 0 Å². The largest absolute Gasteiger partial charge is 0.458 e. The van der Waals surface area contributed by atoms with Crippen LogP contribution in [-0.4, -0.2) is 18.1 Å². The minimum absolute atomic E-state index is 0.0464. The third-order valence-corrected chi connectivity index (χ3v) is 8.12. The van der Waals surface area contributed by atoms with E-state index < -0.39 is 11.0 Å². The van der Waals surface area contributed by atoms with Gasteiger partial charge in [0.05, 0.1) is 5.41 Å². The molecule has 3 atom stereocenters. The first-order valence-electron chi connectivity index (χ1n) is 12.8. The first-order valence-corrected chi connectivity index (χ1v) is 12.8. The summed E-state index contributed by atoms with van der Waals surface area (Å²) in [6.45, 7) is 7.63. The molecule has 2 unspecified atom stereocenters. The van der Waals surface area contributed by atoms with Crippen molar-refractivity contribution in [2.45, 2.75) is 75.9 Å². The Bertz CT molecular complexity index is 950. The van der Waals surface area contributed by atoms with Gasteiger partial charge in [0, 0.05) is 12.5 Å². The van der Waals surface area contributed by atoms with Gasteiger partial charge in [0.15, 0.2) is 0 Å². The van der Waals surface area contributed by atoms with Crippen molar-refractivity contribution in [3.05, 3.63) is 84.2 Å². The quantitative estimate of drug-likeness (QED) is 0.194. The highest BCUT2D eigenvalue weighted by Crippen LogP contribution is 2.51. The number of carbonyl (C=O) groups is 1. The lowest BCUT2D eigenvalue weighted by atomic mass is 9.60. The van der Waals surface area contributed by atoms with Gasteiger partial charge in [0.2, 0.25) is 0 Å². The van der Waals surface area contributed by atoms with Crippen molar-refractivity contribution in [3.8, 4) is 0 Å². The van der Waals surface area contributed by atoms with Crippen molar-refractivity contribution in [2.75, 3.05) is 6.54 Å². The van der Waals surface area contributed by atoms with E-state index in [9.17, 15) is 9.18 Å². The lowest BCUT2D eigenvalue weighted by Crippen LogP contribution is -2.56. The highest BCUT2D eigenvalue weighted by atomic mass is 19.1. The van der Waals surface area contributed by atoms with Gasteiger partial charge in [-0.3, -0.25) is 4.79 Å². The maximum absolute atomic E-state index is 13.9. The molecule has 2 aliphatic rings. The zero-order valence-electron chi connectivity index (χ0n) is 20.4. The molecule has 2 aromatic carbocycles. The Hall–Kier alpha value is -2.46. The molecule has 34 heavy (non-hydrogen) atoms. The second-order valence-corrected chi connectivity index (χ2v) is 10.4. The average molecular weight is 464 g/mol. The Balaban J connectivity index is 1.42. The molecule has 2 aromatic rings. The van der Waals surface area contributed by atoms with Crippen LogP contribution in [0.15, 0.2) is 67.3 Å². The van der Waals surface area contributed by atoms with Crippen molar-refractivity contribution >= 4 is 5.97 Å². The zero-order valence-corrected chi connectivity index (χ0v) is 20.4. The summed E-state index contributed by atoms with van der Waals surface area (Å²) in [6.07, 6.45) is 9.95. The van der Waals surface area contributed by atoms with E-state index in [4.69, 9.17) is 4.74 Å². The van der Waals surface area contributed by atoms with Crippen LogP contribution in [0, 0.1) is 17.7 Å². The number of carbonyl (C=O) groups excluding carboxylic acids is 1. The Kier molecular flexibility index (Phi) is 7.88. The van der Waals surface area contributed by atoms with E-state index in [1.807, 2.05) is 24.3 Å². The first kappa shape index (κ1) is 24.7. The minimum Gasteiger partial charge on any atom is -0.458 e. The standard InChI is InChI=1S/C30H38FNO2/c1-3-24-21-29(2,27(24)17-20-32-22-23-13-15-26(31)16-14-23)34-28(33)30(18-9-4-5-10-19-30)25-11-7-6-8-12-25/h3,6-8,11-16,24,27,32H,1,4-5,9-10,17-22H2,2H3/t24?,27?,29-/m0/s1. The SMILES string of the molecule is C=CC1C[C@](C)(OC(=O)C2(c3ccccc3)CCCCCC2)C1CCNCc1ccc(F)cc1. The van der Waals surface area contributed by atoms with Gasteiger partial charge in [0.1, 0.15) is 11.4 Å². The monoisotopic (exact) mass is 463 g/mol. The van der Waals surface area contributed by atoms with E-state index in [-0.39, 0.29) is 17.7 Å². The topological polar surface area (TPSA) is 38.3 Å². The van der Waals surface area contributed by atoms with E-state index in [0.29, 0.717) is 12.5 Å². The van der Waals surface area contributed by atoms with Crippen molar-refractivity contribution in [2.24, 2.45) is 11.8 Å². The predicted octanol–water partition coefficient (Wildman–Crippen LogP) is 6.72. The molecule has 0 aliphatic heterocycles. The summed E-state index contributed by atoms with van der Waals surface area (Å²) in [5.74, 6) is 0.335. The number of esters is 1. The van der Waals surface area contributed by atoms with Crippen LogP contribution >= 0.6 is 0 Å². The van der Waals surface area contributed by atoms with E-state index in [0.717, 1.165) is 56.2 Å². The molecule has 3 nitrogen and oxygen atoms in total. The number of nitrogens with one attached hydrogen (secondary N) is 1. The molecular formula is C30H38FNO2. The Morgan fingerprint density at radius 3 is 2.41 bits per heavy atom. The molecule has 2 aliphatic carbocycles. The van der Waals surface area contributed by atoms with Crippen LogP contribution < -0.4 is 5.32 Å². The van der Waals surface area contributed by atoms with Gasteiger partial charge in [0.25, 0.3) is 0 Å². The highest BCUT2D eigenvalue weighted by Gasteiger charge is 2.54. The minimum atomic E-state index is -0.536. The fraction of sp³-hybridized carbons (Fsp3) is 0.500. The first-order chi connectivity index (χ1) is 16.5. The van der Waals surface area contributed by atoms with Gasteiger partial charge in [-0.25, -0.2) is 4.39 Å². The van der Waals surface area contributed by atoms with E-state index >= 15 is 0 Å². The van der Waals surface area contributed by atoms with Gasteiger partial charge in [-0.2, -0.15) is 0 Å². The maximum atomic E-state index is 13.9. The molecule has 2 fully saturated rings. The fourth-order valence-electron chi connectivity index (χ4n) is 6.04. The van der Waals surface area contributed by atoms with Gasteiger partial charge < -0.3 is 10.1 Å². The third-order valence-electron chi connectivity index (χ3n) is 8.12. The summed E-state index contributed by atoms with van der Waals surface area (Å²) in [7, 11) is 0. The summed E-state index contributed by atoms with van der Waals surface area (Å²) in [5.41, 5.74) is 1.15. The zero-order chi connectivity index (χ0) is 24.0. The van der Waals surface area contributed by atoms with Crippen LogP contribution in [0.5, 0.6) is 0 Å². The molecule has 4 rings (SSSR count). The second-order valence-electron chi connectivity index (χ2n) is 10.4. The molecule has 0 saturated heterocycles. The maximum Gasteiger partial charge on any atom is 0.317 e. The molecule has 4 heteroatoms. The van der Waals surface area contributed by atoms with E-state index in [1.54, 1.807) is 12.1 Å². The van der Waals surface area contributed by atoms with Gasteiger partial charge in [-0.15, -0.1) is 6.58 Å². The molecule has 0 radical (unpaired) electrons. The van der Waals surface area contributed by atoms with Gasteiger partial charge >= 0.3 is 5.97 Å². The number of hydrogen-bond donors (Lipinski definition) is 1. The number of rotatable bonds is 9. The Morgan fingerprint density at radius 2 is 1.76 bits per heavy atom. The number of halogens is 1. The highest BCUT2D eigenvalue weighted by molar-refractivity contribution is 5.83. The summed E-state index contributed by atoms with van der Waals surface area (Å²) in [4.78, 5) is 13.9. The normalized spacial score (nSPS) is 26.2. The summed E-state index contributed by atoms with van der Waals surface area (Å²) in [6, 6.07) is 16.9. The summed E-state index contributed by atoms with van der Waals surface area (Å²) < 4.78 is 19.6. The van der Waals surface area contributed by atoms with Crippen molar-refractivity contribution in [1.82, 2.24) is 5.32 Å². The molecule has 0 aromatic heterocycles. The Labute approximate surface area is 203 Å². The number of allylic oxidation sites excluding steroid dienone is 1. The fourth-order valence-corrected chi connectivity index (χ4v) is 6.04. The molecule has 182 valence electrons. The molecular weight excluding hydrogens is 425 g/mol. The average Bonchev–Trinajstić information content (AvgIpc) is 3.11.